The van der Waals surface area contributed by atoms with Crippen molar-refractivity contribution in [3.8, 4) is 0 Å². The van der Waals surface area contributed by atoms with Crippen molar-refractivity contribution in [3.05, 3.63) is 0 Å². The summed E-state index contributed by atoms with van der Waals surface area (Å²) in [5, 5.41) is 4.16. The van der Waals surface area contributed by atoms with Crippen LogP contribution in [0.2, 0.25) is 0 Å². The van der Waals surface area contributed by atoms with E-state index < -0.39 is 0 Å². The Hall–Kier alpha value is -0.350. The number of nitrogens with zero attached hydrogens (tertiary/aromatic N) is 1. The van der Waals surface area contributed by atoms with Crippen LogP contribution in [0, 0.1) is 0 Å². The minimum Gasteiger partial charge on any atom is -0.383 e. The lowest BCUT2D eigenvalue weighted by Crippen LogP contribution is -2.47. The van der Waals surface area contributed by atoms with Crippen molar-refractivity contribution < 1.29 is 4.74 Å². The highest BCUT2D eigenvalue weighted by atomic mass is 32.1. The summed E-state index contributed by atoms with van der Waals surface area (Å²) in [5.74, 6) is 0. The molecule has 16 heavy (non-hydrogen) atoms. The molecule has 0 radical (unpaired) electrons. The highest BCUT2D eigenvalue weighted by Gasteiger charge is 2.21. The van der Waals surface area contributed by atoms with Crippen LogP contribution < -0.4 is 5.32 Å². The van der Waals surface area contributed by atoms with Gasteiger partial charge in [0.2, 0.25) is 0 Å². The Morgan fingerprint density at radius 2 is 2.06 bits per heavy atom. The first kappa shape index (κ1) is 13.7. The predicted octanol–water partition coefficient (Wildman–Crippen LogP) is 2.16. The van der Waals surface area contributed by atoms with E-state index >= 15 is 0 Å². The Labute approximate surface area is 105 Å². The highest BCUT2D eigenvalue weighted by Crippen LogP contribution is 2.22. The zero-order valence-electron chi connectivity index (χ0n) is 10.5. The molecule has 94 valence electrons. The standard InChI is InChI=1S/C12H24N2OS/c1-3-14(11-7-5-4-6-8-11)12(16)13-9-10-15-2/h11H,3-10H2,1-2H3,(H,13,16). The van der Waals surface area contributed by atoms with Crippen LogP contribution in [-0.2, 0) is 4.74 Å². The molecule has 0 aromatic heterocycles. The normalized spacial score (nSPS) is 17.1. The maximum absolute atomic E-state index is 5.43. The number of rotatable bonds is 5. The fourth-order valence-corrected chi connectivity index (χ4v) is 2.70. The van der Waals surface area contributed by atoms with Crippen LogP contribution in [0.15, 0.2) is 0 Å². The monoisotopic (exact) mass is 244 g/mol. The van der Waals surface area contributed by atoms with Gasteiger partial charge in [-0.3, -0.25) is 0 Å². The van der Waals surface area contributed by atoms with Crippen molar-refractivity contribution in [2.75, 3.05) is 26.8 Å². The topological polar surface area (TPSA) is 24.5 Å². The molecular formula is C12H24N2OS. The highest BCUT2D eigenvalue weighted by molar-refractivity contribution is 7.80. The Balaban J connectivity index is 2.35. The van der Waals surface area contributed by atoms with Crippen molar-refractivity contribution in [2.24, 2.45) is 0 Å². The number of nitrogens with one attached hydrogen (secondary N) is 1. The summed E-state index contributed by atoms with van der Waals surface area (Å²) in [7, 11) is 1.71. The maximum Gasteiger partial charge on any atom is 0.169 e. The Bertz CT molecular complexity index is 205. The van der Waals surface area contributed by atoms with E-state index in [1.54, 1.807) is 7.11 Å². The van der Waals surface area contributed by atoms with E-state index in [-0.39, 0.29) is 0 Å². The molecule has 0 aromatic rings. The van der Waals surface area contributed by atoms with Gasteiger partial charge in [0, 0.05) is 26.2 Å². The molecule has 0 amide bonds. The molecule has 1 rings (SSSR count). The number of hydrogen-bond donors (Lipinski definition) is 1. The zero-order chi connectivity index (χ0) is 11.8. The first-order valence-corrected chi connectivity index (χ1v) is 6.73. The van der Waals surface area contributed by atoms with Crippen molar-refractivity contribution >= 4 is 17.3 Å². The van der Waals surface area contributed by atoms with E-state index in [0.29, 0.717) is 12.6 Å². The van der Waals surface area contributed by atoms with Gasteiger partial charge in [-0.2, -0.15) is 0 Å². The minimum absolute atomic E-state index is 0.654. The Morgan fingerprint density at radius 1 is 1.38 bits per heavy atom. The molecule has 0 heterocycles. The summed E-state index contributed by atoms with van der Waals surface area (Å²) in [5.41, 5.74) is 0. The van der Waals surface area contributed by atoms with Gasteiger partial charge in [-0.15, -0.1) is 0 Å². The second kappa shape index (κ2) is 7.85. The fourth-order valence-electron chi connectivity index (χ4n) is 2.32. The quantitative estimate of drug-likeness (QED) is 0.592. The van der Waals surface area contributed by atoms with Crippen molar-refractivity contribution in [1.29, 1.82) is 0 Å². The van der Waals surface area contributed by atoms with Crippen LogP contribution in [0.25, 0.3) is 0 Å². The summed E-state index contributed by atoms with van der Waals surface area (Å²) >= 11 is 5.43. The fraction of sp³-hybridized carbons (Fsp3) is 0.917. The van der Waals surface area contributed by atoms with Gasteiger partial charge in [0.05, 0.1) is 6.61 Å². The smallest absolute Gasteiger partial charge is 0.169 e. The summed E-state index contributed by atoms with van der Waals surface area (Å²) in [6.07, 6.45) is 6.67. The maximum atomic E-state index is 5.43. The molecule has 4 heteroatoms. The third kappa shape index (κ3) is 4.26. The predicted molar refractivity (Wildman–Crippen MR) is 71.7 cm³/mol. The molecule has 1 aliphatic rings. The third-order valence-electron chi connectivity index (χ3n) is 3.20. The van der Waals surface area contributed by atoms with Gasteiger partial charge < -0.3 is 15.0 Å². The molecule has 1 fully saturated rings. The van der Waals surface area contributed by atoms with Gasteiger partial charge in [-0.05, 0) is 32.0 Å². The molecular weight excluding hydrogens is 220 g/mol. The van der Waals surface area contributed by atoms with Gasteiger partial charge in [0.25, 0.3) is 0 Å². The van der Waals surface area contributed by atoms with Gasteiger partial charge >= 0.3 is 0 Å². The SMILES string of the molecule is CCN(C(=S)NCCOC)C1CCCCC1. The van der Waals surface area contributed by atoms with Gasteiger partial charge in [0.15, 0.2) is 5.11 Å². The molecule has 3 nitrogen and oxygen atoms in total. The molecule has 0 unspecified atom stereocenters. The molecule has 0 atom stereocenters. The summed E-state index contributed by atoms with van der Waals surface area (Å²) < 4.78 is 5.01. The molecule has 0 saturated heterocycles. The molecule has 0 bridgehead atoms. The van der Waals surface area contributed by atoms with Crippen LogP contribution in [0.1, 0.15) is 39.0 Å². The first-order valence-electron chi connectivity index (χ1n) is 6.33. The Morgan fingerprint density at radius 3 is 2.62 bits per heavy atom. The van der Waals surface area contributed by atoms with Gasteiger partial charge in [-0.25, -0.2) is 0 Å². The number of ether oxygens (including phenoxy) is 1. The van der Waals surface area contributed by atoms with E-state index in [0.717, 1.165) is 18.2 Å². The summed E-state index contributed by atoms with van der Waals surface area (Å²) in [4.78, 5) is 2.34. The number of methoxy groups -OCH3 is 1. The van der Waals surface area contributed by atoms with E-state index in [2.05, 4.69) is 17.1 Å². The van der Waals surface area contributed by atoms with Crippen molar-refractivity contribution in [1.82, 2.24) is 10.2 Å². The average Bonchev–Trinajstić information content (AvgIpc) is 2.32. The molecule has 0 aliphatic heterocycles. The van der Waals surface area contributed by atoms with Crippen molar-refractivity contribution in [2.45, 2.75) is 45.1 Å². The van der Waals surface area contributed by atoms with E-state index in [9.17, 15) is 0 Å². The number of thiocarbonyl (C=S) groups is 1. The lowest BCUT2D eigenvalue weighted by molar-refractivity contribution is 0.200. The molecule has 0 aromatic carbocycles. The molecule has 1 saturated carbocycles. The van der Waals surface area contributed by atoms with E-state index in [1.165, 1.54) is 32.1 Å². The van der Waals surface area contributed by atoms with E-state index in [1.807, 2.05) is 0 Å². The summed E-state index contributed by atoms with van der Waals surface area (Å²) in [6, 6.07) is 0.654. The molecule has 0 spiro atoms. The van der Waals surface area contributed by atoms with Crippen LogP contribution in [0.4, 0.5) is 0 Å². The summed E-state index contributed by atoms with van der Waals surface area (Å²) in [6.45, 7) is 4.70. The lowest BCUT2D eigenvalue weighted by atomic mass is 9.94. The average molecular weight is 244 g/mol. The molecule has 1 aliphatic carbocycles. The second-order valence-electron chi connectivity index (χ2n) is 4.30. The first-order chi connectivity index (χ1) is 7.79. The molecule has 1 N–H and O–H groups in total. The van der Waals surface area contributed by atoms with Crippen LogP contribution >= 0.6 is 12.2 Å². The van der Waals surface area contributed by atoms with Gasteiger partial charge in [0.1, 0.15) is 0 Å². The zero-order valence-corrected chi connectivity index (χ0v) is 11.3. The largest absolute Gasteiger partial charge is 0.383 e. The second-order valence-corrected chi connectivity index (χ2v) is 4.69. The van der Waals surface area contributed by atoms with Crippen LogP contribution in [-0.4, -0.2) is 42.9 Å². The third-order valence-corrected chi connectivity index (χ3v) is 3.58. The van der Waals surface area contributed by atoms with Gasteiger partial charge in [-0.1, -0.05) is 19.3 Å². The van der Waals surface area contributed by atoms with Crippen LogP contribution in [0.5, 0.6) is 0 Å². The lowest BCUT2D eigenvalue weighted by Gasteiger charge is -2.35. The minimum atomic E-state index is 0.654. The van der Waals surface area contributed by atoms with E-state index in [4.69, 9.17) is 17.0 Å². The van der Waals surface area contributed by atoms with Crippen LogP contribution in [0.3, 0.4) is 0 Å². The number of hydrogen-bond acceptors (Lipinski definition) is 2. The Kier molecular flexibility index (Phi) is 6.73. The van der Waals surface area contributed by atoms with Crippen molar-refractivity contribution in [3.63, 3.8) is 0 Å².